The second-order valence-electron chi connectivity index (χ2n) is 7.72. The van der Waals surface area contributed by atoms with Crippen molar-refractivity contribution in [2.24, 2.45) is 5.92 Å². The molecule has 0 unspecified atom stereocenters. The van der Waals surface area contributed by atoms with E-state index in [1.165, 1.54) is 49.8 Å². The third kappa shape index (κ3) is 7.65. The lowest BCUT2D eigenvalue weighted by Crippen LogP contribution is -2.33. The van der Waals surface area contributed by atoms with Crippen molar-refractivity contribution >= 4 is 28.0 Å². The van der Waals surface area contributed by atoms with Crippen LogP contribution >= 0.6 is 0 Å². The maximum Gasteiger partial charge on any atom is 0.331 e. The first-order chi connectivity index (χ1) is 15.4. The van der Waals surface area contributed by atoms with E-state index in [0.717, 1.165) is 12.8 Å². The summed E-state index contributed by atoms with van der Waals surface area (Å²) in [6.45, 7) is 0.351. The molecule has 0 radical (unpaired) electrons. The zero-order valence-corrected chi connectivity index (χ0v) is 18.6. The summed E-state index contributed by atoms with van der Waals surface area (Å²) in [5.74, 6) is 0.0632. The van der Waals surface area contributed by atoms with E-state index >= 15 is 0 Å². The average molecular weight is 461 g/mol. The second-order valence-corrected chi connectivity index (χ2v) is 9.49. The molecule has 1 aliphatic carbocycles. The van der Waals surface area contributed by atoms with Crippen LogP contribution < -0.4 is 10.0 Å². The molecule has 1 aromatic carbocycles. The summed E-state index contributed by atoms with van der Waals surface area (Å²) in [4.78, 5) is 23.8. The highest BCUT2D eigenvalue weighted by Gasteiger charge is 2.15. The molecule has 2 aromatic rings. The number of esters is 1. The minimum absolute atomic E-state index is 0.0526. The largest absolute Gasteiger partial charge is 0.468 e. The Balaban J connectivity index is 1.41. The Bertz CT molecular complexity index is 1010. The van der Waals surface area contributed by atoms with Crippen molar-refractivity contribution in [2.75, 3.05) is 13.2 Å². The molecule has 2 N–H and O–H groups in total. The lowest BCUT2D eigenvalue weighted by molar-refractivity contribution is -0.143. The van der Waals surface area contributed by atoms with Crippen LogP contribution in [0.1, 0.15) is 43.4 Å². The molecule has 0 aliphatic heterocycles. The molecule has 1 amide bonds. The highest BCUT2D eigenvalue weighted by molar-refractivity contribution is 7.89. The molecule has 1 aliphatic rings. The summed E-state index contributed by atoms with van der Waals surface area (Å²) in [7, 11) is -3.69. The van der Waals surface area contributed by atoms with E-state index in [1.807, 2.05) is 0 Å². The van der Waals surface area contributed by atoms with Crippen molar-refractivity contribution in [3.63, 3.8) is 0 Å². The number of carbonyl (C=O) groups is 2. The number of benzene rings is 1. The van der Waals surface area contributed by atoms with Gasteiger partial charge in [-0.05, 0) is 54.7 Å². The summed E-state index contributed by atoms with van der Waals surface area (Å²) in [6, 6.07) is 9.38. The Hall–Kier alpha value is -2.91. The summed E-state index contributed by atoms with van der Waals surface area (Å²) < 4.78 is 37.2. The second kappa shape index (κ2) is 11.6. The van der Waals surface area contributed by atoms with E-state index in [9.17, 15) is 18.0 Å². The number of hydrogen-bond acceptors (Lipinski definition) is 6. The summed E-state index contributed by atoms with van der Waals surface area (Å²) in [5.41, 5.74) is 0.619. The van der Waals surface area contributed by atoms with Crippen molar-refractivity contribution in [1.29, 1.82) is 0 Å². The van der Waals surface area contributed by atoms with E-state index < -0.39 is 16.0 Å². The Morgan fingerprint density at radius 3 is 2.53 bits per heavy atom. The Morgan fingerprint density at radius 1 is 1.09 bits per heavy atom. The molecule has 1 fully saturated rings. The summed E-state index contributed by atoms with van der Waals surface area (Å²) in [5, 5.41) is 2.81. The van der Waals surface area contributed by atoms with Gasteiger partial charge < -0.3 is 14.5 Å². The average Bonchev–Trinajstić information content (AvgIpc) is 3.34. The van der Waals surface area contributed by atoms with Crippen LogP contribution in [0.2, 0.25) is 0 Å². The van der Waals surface area contributed by atoms with Crippen LogP contribution in [0.25, 0.3) is 6.08 Å². The molecule has 172 valence electrons. The van der Waals surface area contributed by atoms with Gasteiger partial charge in [0.2, 0.25) is 10.0 Å². The minimum atomic E-state index is -3.69. The first-order valence-corrected chi connectivity index (χ1v) is 12.1. The SMILES string of the molecule is O=C(COC(=O)/C=C/c1ccc(S(=O)(=O)NCc2ccco2)cc1)NCC1CCCCC1. The van der Waals surface area contributed by atoms with E-state index in [2.05, 4.69) is 10.0 Å². The van der Waals surface area contributed by atoms with Gasteiger partial charge in [-0.3, -0.25) is 4.79 Å². The first kappa shape index (κ1) is 23.7. The predicted molar refractivity (Wildman–Crippen MR) is 119 cm³/mol. The molecule has 8 nitrogen and oxygen atoms in total. The molecule has 1 saturated carbocycles. The molecular weight excluding hydrogens is 432 g/mol. The van der Waals surface area contributed by atoms with Crippen LogP contribution in [-0.4, -0.2) is 33.4 Å². The number of nitrogens with one attached hydrogen (secondary N) is 2. The molecule has 9 heteroatoms. The third-order valence-electron chi connectivity index (χ3n) is 5.28. The fourth-order valence-corrected chi connectivity index (χ4v) is 4.46. The number of carbonyl (C=O) groups excluding carboxylic acids is 2. The van der Waals surface area contributed by atoms with Crippen LogP contribution in [0.4, 0.5) is 0 Å². The smallest absolute Gasteiger partial charge is 0.331 e. The van der Waals surface area contributed by atoms with Crippen molar-refractivity contribution in [2.45, 2.75) is 43.5 Å². The van der Waals surface area contributed by atoms with Gasteiger partial charge in [0.1, 0.15) is 5.76 Å². The number of sulfonamides is 1. The molecule has 1 aromatic heterocycles. The Kier molecular flexibility index (Phi) is 8.64. The molecule has 0 bridgehead atoms. The number of ether oxygens (including phenoxy) is 1. The maximum absolute atomic E-state index is 12.3. The Labute approximate surface area is 188 Å². The highest BCUT2D eigenvalue weighted by Crippen LogP contribution is 2.22. The Morgan fingerprint density at radius 2 is 1.84 bits per heavy atom. The molecule has 32 heavy (non-hydrogen) atoms. The fraction of sp³-hybridized carbons (Fsp3) is 0.391. The molecule has 1 heterocycles. The maximum atomic E-state index is 12.3. The van der Waals surface area contributed by atoms with Gasteiger partial charge in [-0.25, -0.2) is 17.9 Å². The van der Waals surface area contributed by atoms with Gasteiger partial charge in [0, 0.05) is 12.6 Å². The van der Waals surface area contributed by atoms with Gasteiger partial charge in [-0.15, -0.1) is 0 Å². The number of amides is 1. The standard InChI is InChI=1S/C23H28N2O6S/c26-22(24-15-19-5-2-1-3-6-19)17-31-23(27)13-10-18-8-11-21(12-9-18)32(28,29)25-16-20-7-4-14-30-20/h4,7-14,19,25H,1-3,5-6,15-17H2,(H,24,26)/b13-10+. The molecule has 0 saturated heterocycles. The normalized spacial score (nSPS) is 15.0. The van der Waals surface area contributed by atoms with Gasteiger partial charge in [-0.2, -0.15) is 0 Å². The van der Waals surface area contributed by atoms with Gasteiger partial charge >= 0.3 is 5.97 Å². The van der Waals surface area contributed by atoms with Crippen molar-refractivity contribution in [3.8, 4) is 0 Å². The van der Waals surface area contributed by atoms with E-state index in [1.54, 1.807) is 24.3 Å². The van der Waals surface area contributed by atoms with Crippen molar-refractivity contribution in [3.05, 3.63) is 60.1 Å². The quantitative estimate of drug-likeness (QED) is 0.416. The number of furan rings is 1. The molecule has 3 rings (SSSR count). The lowest BCUT2D eigenvalue weighted by Gasteiger charge is -2.21. The van der Waals surface area contributed by atoms with E-state index in [-0.39, 0.29) is 24.0 Å². The summed E-state index contributed by atoms with van der Waals surface area (Å²) >= 11 is 0. The van der Waals surface area contributed by atoms with E-state index in [4.69, 9.17) is 9.15 Å². The lowest BCUT2D eigenvalue weighted by atomic mass is 9.89. The van der Waals surface area contributed by atoms with Crippen LogP contribution in [0.15, 0.2) is 58.1 Å². The van der Waals surface area contributed by atoms with Gasteiger partial charge in [-0.1, -0.05) is 31.4 Å². The van der Waals surface area contributed by atoms with Crippen LogP contribution in [-0.2, 0) is 30.9 Å². The molecular formula is C23H28N2O6S. The highest BCUT2D eigenvalue weighted by atomic mass is 32.2. The number of hydrogen-bond donors (Lipinski definition) is 2. The topological polar surface area (TPSA) is 115 Å². The van der Waals surface area contributed by atoms with Gasteiger partial charge in [0.15, 0.2) is 6.61 Å². The monoisotopic (exact) mass is 460 g/mol. The van der Waals surface area contributed by atoms with E-state index in [0.29, 0.717) is 23.8 Å². The van der Waals surface area contributed by atoms with Crippen LogP contribution in [0.3, 0.4) is 0 Å². The van der Waals surface area contributed by atoms with Crippen molar-refractivity contribution in [1.82, 2.24) is 10.0 Å². The predicted octanol–water partition coefficient (Wildman–Crippen LogP) is 3.01. The zero-order chi connectivity index (χ0) is 22.8. The van der Waals surface area contributed by atoms with Crippen LogP contribution in [0, 0.1) is 5.92 Å². The third-order valence-corrected chi connectivity index (χ3v) is 6.69. The molecule has 0 spiro atoms. The number of rotatable bonds is 10. The zero-order valence-electron chi connectivity index (χ0n) is 17.8. The van der Waals surface area contributed by atoms with Crippen molar-refractivity contribution < 1.29 is 27.2 Å². The molecule has 0 atom stereocenters. The first-order valence-electron chi connectivity index (χ1n) is 10.7. The summed E-state index contributed by atoms with van der Waals surface area (Å²) in [6.07, 6.45) is 10.1. The minimum Gasteiger partial charge on any atom is -0.468 e. The van der Waals surface area contributed by atoms with Gasteiger partial charge in [0.05, 0.1) is 17.7 Å². The van der Waals surface area contributed by atoms with Crippen LogP contribution in [0.5, 0.6) is 0 Å². The van der Waals surface area contributed by atoms with Gasteiger partial charge in [0.25, 0.3) is 5.91 Å². The fourth-order valence-electron chi connectivity index (χ4n) is 3.47.